The molecule has 1 aromatic heterocycles. The zero-order valence-corrected chi connectivity index (χ0v) is 17.9. The summed E-state index contributed by atoms with van der Waals surface area (Å²) in [6.45, 7) is 9.24. The first kappa shape index (κ1) is 20.2. The number of imidazole rings is 1. The third-order valence-corrected chi connectivity index (χ3v) is 6.00. The van der Waals surface area contributed by atoms with E-state index in [2.05, 4.69) is 40.7 Å². The Kier molecular flexibility index (Phi) is 6.38. The van der Waals surface area contributed by atoms with Gasteiger partial charge in [-0.25, -0.2) is 4.98 Å². The molecule has 0 N–H and O–H groups in total. The molecule has 0 bridgehead atoms. The molecule has 1 fully saturated rings. The zero-order chi connectivity index (χ0) is 20.2. The Morgan fingerprint density at radius 2 is 1.97 bits per heavy atom. The lowest BCUT2D eigenvalue weighted by molar-refractivity contribution is 0.0175. The van der Waals surface area contributed by atoms with E-state index in [9.17, 15) is 0 Å². The molecule has 2 heterocycles. The topological polar surface area (TPSA) is 39.5 Å². The maximum absolute atomic E-state index is 6.10. The summed E-state index contributed by atoms with van der Waals surface area (Å²) in [6, 6.07) is 14.4. The number of para-hydroxylation sites is 2. The van der Waals surface area contributed by atoms with E-state index in [-0.39, 0.29) is 6.04 Å². The van der Waals surface area contributed by atoms with Crippen molar-refractivity contribution >= 4 is 22.6 Å². The van der Waals surface area contributed by atoms with Crippen molar-refractivity contribution in [3.63, 3.8) is 0 Å². The Morgan fingerprint density at radius 1 is 1.17 bits per heavy atom. The minimum atomic E-state index is 0.256. The van der Waals surface area contributed by atoms with Crippen molar-refractivity contribution in [1.82, 2.24) is 14.5 Å². The van der Waals surface area contributed by atoms with Crippen LogP contribution in [0.3, 0.4) is 0 Å². The van der Waals surface area contributed by atoms with Gasteiger partial charge in [-0.15, -0.1) is 0 Å². The third-order valence-electron chi connectivity index (χ3n) is 5.58. The molecule has 0 amide bonds. The highest BCUT2D eigenvalue weighted by atomic mass is 35.5. The molecule has 5 nitrogen and oxygen atoms in total. The highest BCUT2D eigenvalue weighted by Crippen LogP contribution is 2.26. The van der Waals surface area contributed by atoms with Crippen molar-refractivity contribution in [3.8, 4) is 5.75 Å². The van der Waals surface area contributed by atoms with E-state index in [1.807, 2.05) is 25.1 Å². The van der Waals surface area contributed by atoms with Gasteiger partial charge in [-0.05, 0) is 56.2 Å². The lowest BCUT2D eigenvalue weighted by atomic mass is 10.2. The van der Waals surface area contributed by atoms with Crippen LogP contribution < -0.4 is 4.74 Å². The van der Waals surface area contributed by atoms with E-state index in [0.717, 1.165) is 66.9 Å². The second-order valence-electron chi connectivity index (χ2n) is 7.55. The molecule has 0 aliphatic carbocycles. The molecule has 0 spiro atoms. The van der Waals surface area contributed by atoms with E-state index >= 15 is 0 Å². The van der Waals surface area contributed by atoms with Gasteiger partial charge in [0, 0.05) is 24.7 Å². The Balaban J connectivity index is 1.47. The quantitative estimate of drug-likeness (QED) is 0.518. The van der Waals surface area contributed by atoms with Gasteiger partial charge in [0.1, 0.15) is 11.6 Å². The standard InChI is InChI=1S/C23H28ClN3O2/c1-17-16-19(8-9-20(17)24)29-13-5-10-27-22-7-4-3-6-21(22)25-23(27)18(2)26-11-14-28-15-12-26/h3-4,6-9,16,18H,5,10-15H2,1-2H3. The third kappa shape index (κ3) is 4.58. The van der Waals surface area contributed by atoms with Gasteiger partial charge in [0.25, 0.3) is 0 Å². The maximum atomic E-state index is 6.10. The molecule has 154 valence electrons. The van der Waals surface area contributed by atoms with Crippen molar-refractivity contribution in [2.75, 3.05) is 32.9 Å². The Labute approximate surface area is 177 Å². The molecule has 1 aliphatic rings. The smallest absolute Gasteiger partial charge is 0.127 e. The van der Waals surface area contributed by atoms with E-state index < -0.39 is 0 Å². The van der Waals surface area contributed by atoms with Crippen LogP contribution in [0.5, 0.6) is 5.75 Å². The number of hydrogen-bond donors (Lipinski definition) is 0. The van der Waals surface area contributed by atoms with Crippen LogP contribution in [0.2, 0.25) is 5.02 Å². The molecule has 1 aliphatic heterocycles. The lowest BCUT2D eigenvalue weighted by Gasteiger charge is -2.32. The van der Waals surface area contributed by atoms with Crippen LogP contribution in [0.15, 0.2) is 42.5 Å². The minimum absolute atomic E-state index is 0.256. The number of aryl methyl sites for hydroxylation is 2. The number of aromatic nitrogens is 2. The molecule has 2 aromatic carbocycles. The van der Waals surface area contributed by atoms with Crippen LogP contribution in [-0.2, 0) is 11.3 Å². The van der Waals surface area contributed by atoms with Gasteiger partial charge >= 0.3 is 0 Å². The molecule has 0 saturated carbocycles. The van der Waals surface area contributed by atoms with Crippen LogP contribution in [0.1, 0.15) is 30.8 Å². The van der Waals surface area contributed by atoms with Crippen LogP contribution >= 0.6 is 11.6 Å². The Bertz CT molecular complexity index is 966. The van der Waals surface area contributed by atoms with Crippen LogP contribution in [0.25, 0.3) is 11.0 Å². The Hall–Kier alpha value is -2.08. The number of ether oxygens (including phenoxy) is 2. The van der Waals surface area contributed by atoms with Gasteiger partial charge in [-0.3, -0.25) is 4.90 Å². The number of halogens is 1. The van der Waals surface area contributed by atoms with Gasteiger partial charge < -0.3 is 14.0 Å². The van der Waals surface area contributed by atoms with Gasteiger partial charge in [-0.2, -0.15) is 0 Å². The normalized spacial score (nSPS) is 16.2. The summed E-state index contributed by atoms with van der Waals surface area (Å²) in [5, 5.41) is 0.768. The van der Waals surface area contributed by atoms with E-state index in [1.54, 1.807) is 0 Å². The minimum Gasteiger partial charge on any atom is -0.494 e. The highest BCUT2D eigenvalue weighted by Gasteiger charge is 2.23. The maximum Gasteiger partial charge on any atom is 0.127 e. The molecular formula is C23H28ClN3O2. The van der Waals surface area contributed by atoms with Crippen LogP contribution in [0.4, 0.5) is 0 Å². The number of nitrogens with zero attached hydrogens (tertiary/aromatic N) is 3. The average molecular weight is 414 g/mol. The fourth-order valence-corrected chi connectivity index (χ4v) is 4.01. The Morgan fingerprint density at radius 3 is 2.76 bits per heavy atom. The van der Waals surface area contributed by atoms with Crippen LogP contribution in [0, 0.1) is 6.92 Å². The first-order valence-electron chi connectivity index (χ1n) is 10.3. The summed E-state index contributed by atoms with van der Waals surface area (Å²) in [5.74, 6) is 1.99. The first-order valence-corrected chi connectivity index (χ1v) is 10.7. The van der Waals surface area contributed by atoms with E-state index in [4.69, 9.17) is 26.1 Å². The molecule has 1 atom stereocenters. The second-order valence-corrected chi connectivity index (χ2v) is 7.95. The molecule has 4 rings (SSSR count). The monoisotopic (exact) mass is 413 g/mol. The van der Waals surface area contributed by atoms with Crippen LogP contribution in [-0.4, -0.2) is 47.4 Å². The molecule has 0 radical (unpaired) electrons. The van der Waals surface area contributed by atoms with Gasteiger partial charge in [0.2, 0.25) is 0 Å². The molecular weight excluding hydrogens is 386 g/mol. The molecule has 6 heteroatoms. The number of rotatable bonds is 7. The second kappa shape index (κ2) is 9.16. The summed E-state index contributed by atoms with van der Waals surface area (Å²) in [4.78, 5) is 7.42. The van der Waals surface area contributed by atoms with Crippen molar-refractivity contribution in [3.05, 3.63) is 58.9 Å². The molecule has 29 heavy (non-hydrogen) atoms. The number of benzene rings is 2. The summed E-state index contributed by atoms with van der Waals surface area (Å²) < 4.78 is 13.8. The van der Waals surface area contributed by atoms with Crippen molar-refractivity contribution < 1.29 is 9.47 Å². The summed E-state index contributed by atoms with van der Waals surface area (Å²) in [5.41, 5.74) is 3.27. The first-order chi connectivity index (χ1) is 14.1. The molecule has 1 saturated heterocycles. The van der Waals surface area contributed by atoms with Crippen molar-refractivity contribution in [2.45, 2.75) is 32.9 Å². The van der Waals surface area contributed by atoms with Crippen molar-refractivity contribution in [2.24, 2.45) is 0 Å². The zero-order valence-electron chi connectivity index (χ0n) is 17.1. The van der Waals surface area contributed by atoms with Crippen molar-refractivity contribution in [1.29, 1.82) is 0 Å². The van der Waals surface area contributed by atoms with Gasteiger partial charge in [0.15, 0.2) is 0 Å². The average Bonchev–Trinajstić information content (AvgIpc) is 3.12. The fourth-order valence-electron chi connectivity index (χ4n) is 3.90. The molecule has 3 aromatic rings. The number of morpholine rings is 1. The molecule has 1 unspecified atom stereocenters. The van der Waals surface area contributed by atoms with E-state index in [1.165, 1.54) is 5.52 Å². The summed E-state index contributed by atoms with van der Waals surface area (Å²) in [7, 11) is 0. The predicted molar refractivity (Wildman–Crippen MR) is 117 cm³/mol. The highest BCUT2D eigenvalue weighted by molar-refractivity contribution is 6.31. The number of hydrogen-bond acceptors (Lipinski definition) is 4. The SMILES string of the molecule is Cc1cc(OCCCn2c(C(C)N3CCOCC3)nc3ccccc32)ccc1Cl. The lowest BCUT2D eigenvalue weighted by Crippen LogP contribution is -2.39. The van der Waals surface area contributed by atoms with E-state index in [0.29, 0.717) is 6.61 Å². The summed E-state index contributed by atoms with van der Waals surface area (Å²) >= 11 is 6.10. The summed E-state index contributed by atoms with van der Waals surface area (Å²) in [6.07, 6.45) is 0.908. The largest absolute Gasteiger partial charge is 0.494 e. The predicted octanol–water partition coefficient (Wildman–Crippen LogP) is 4.86. The fraction of sp³-hybridized carbons (Fsp3) is 0.435. The number of fused-ring (bicyclic) bond motifs is 1. The van der Waals surface area contributed by atoms with Gasteiger partial charge in [-0.1, -0.05) is 23.7 Å². The van der Waals surface area contributed by atoms with Gasteiger partial charge in [0.05, 0.1) is 36.9 Å².